The SMILES string of the molecule is CC(C)C(C#N)C(=O)NC1CN(C)C1. The van der Waals surface area contributed by atoms with Crippen molar-refractivity contribution in [2.24, 2.45) is 11.8 Å². The van der Waals surface area contributed by atoms with Crippen molar-refractivity contribution in [2.75, 3.05) is 20.1 Å². The van der Waals surface area contributed by atoms with E-state index in [1.54, 1.807) is 0 Å². The van der Waals surface area contributed by atoms with Gasteiger partial charge in [-0.15, -0.1) is 0 Å². The lowest BCUT2D eigenvalue weighted by Gasteiger charge is -2.37. The summed E-state index contributed by atoms with van der Waals surface area (Å²) < 4.78 is 0. The van der Waals surface area contributed by atoms with Crippen LogP contribution < -0.4 is 5.32 Å². The van der Waals surface area contributed by atoms with Gasteiger partial charge in [-0.2, -0.15) is 5.26 Å². The third-order valence-corrected chi connectivity index (χ3v) is 2.50. The minimum absolute atomic E-state index is 0.0813. The molecule has 0 aromatic heterocycles. The minimum atomic E-state index is -0.513. The van der Waals surface area contributed by atoms with Crippen LogP contribution in [0.4, 0.5) is 0 Å². The molecule has 1 N–H and O–H groups in total. The molecular formula is C10H17N3O. The maximum atomic E-state index is 11.6. The molecule has 1 atom stereocenters. The van der Waals surface area contributed by atoms with Crippen molar-refractivity contribution >= 4 is 5.91 Å². The molecule has 0 spiro atoms. The first-order chi connectivity index (χ1) is 6.54. The number of likely N-dealkylation sites (N-methyl/N-ethyl adjacent to an activating group) is 1. The Hall–Kier alpha value is -1.08. The van der Waals surface area contributed by atoms with Crippen molar-refractivity contribution in [2.45, 2.75) is 19.9 Å². The van der Waals surface area contributed by atoms with Gasteiger partial charge in [0.25, 0.3) is 0 Å². The molecule has 0 bridgehead atoms. The van der Waals surface area contributed by atoms with Crippen LogP contribution >= 0.6 is 0 Å². The number of nitrogens with one attached hydrogen (secondary N) is 1. The highest BCUT2D eigenvalue weighted by molar-refractivity contribution is 5.81. The maximum absolute atomic E-state index is 11.6. The number of rotatable bonds is 3. The van der Waals surface area contributed by atoms with Gasteiger partial charge in [-0.3, -0.25) is 4.79 Å². The molecule has 1 rings (SSSR count). The van der Waals surface area contributed by atoms with Crippen LogP contribution in [-0.4, -0.2) is 37.0 Å². The summed E-state index contributed by atoms with van der Waals surface area (Å²) in [6, 6.07) is 2.28. The largest absolute Gasteiger partial charge is 0.350 e. The normalized spacial score (nSPS) is 19.9. The fraction of sp³-hybridized carbons (Fsp3) is 0.800. The molecule has 1 heterocycles. The van der Waals surface area contributed by atoms with E-state index in [1.807, 2.05) is 27.0 Å². The third-order valence-electron chi connectivity index (χ3n) is 2.50. The van der Waals surface area contributed by atoms with E-state index in [0.717, 1.165) is 13.1 Å². The molecule has 1 aliphatic heterocycles. The van der Waals surface area contributed by atoms with Crippen LogP contribution in [0.3, 0.4) is 0 Å². The van der Waals surface area contributed by atoms with Gasteiger partial charge in [0, 0.05) is 13.1 Å². The summed E-state index contributed by atoms with van der Waals surface area (Å²) in [7, 11) is 2.01. The van der Waals surface area contributed by atoms with Gasteiger partial charge in [0.2, 0.25) is 5.91 Å². The lowest BCUT2D eigenvalue weighted by molar-refractivity contribution is -0.126. The van der Waals surface area contributed by atoms with Gasteiger partial charge in [-0.1, -0.05) is 13.8 Å². The van der Waals surface area contributed by atoms with E-state index in [-0.39, 0.29) is 17.9 Å². The number of likely N-dealkylation sites (tertiary alicyclic amines) is 1. The molecular weight excluding hydrogens is 178 g/mol. The molecule has 1 fully saturated rings. The van der Waals surface area contributed by atoms with Crippen LogP contribution in [0.25, 0.3) is 0 Å². The van der Waals surface area contributed by atoms with Gasteiger partial charge in [0.15, 0.2) is 0 Å². The quantitative estimate of drug-likeness (QED) is 0.700. The van der Waals surface area contributed by atoms with Crippen LogP contribution in [0.5, 0.6) is 0 Å². The Balaban J connectivity index is 2.38. The second-order valence-corrected chi connectivity index (χ2v) is 4.28. The molecule has 4 heteroatoms. The summed E-state index contributed by atoms with van der Waals surface area (Å²) in [6.45, 7) is 5.56. The molecule has 4 nitrogen and oxygen atoms in total. The number of hydrogen-bond acceptors (Lipinski definition) is 3. The summed E-state index contributed by atoms with van der Waals surface area (Å²) in [4.78, 5) is 13.7. The monoisotopic (exact) mass is 195 g/mol. The Kier molecular flexibility index (Phi) is 3.48. The zero-order chi connectivity index (χ0) is 10.7. The molecule has 0 aromatic carbocycles. The molecule has 0 radical (unpaired) electrons. The van der Waals surface area contributed by atoms with Crippen molar-refractivity contribution in [3.05, 3.63) is 0 Å². The first-order valence-electron chi connectivity index (χ1n) is 4.93. The average Bonchev–Trinajstić information content (AvgIpc) is 2.01. The smallest absolute Gasteiger partial charge is 0.237 e. The minimum Gasteiger partial charge on any atom is -0.350 e. The van der Waals surface area contributed by atoms with E-state index in [1.165, 1.54) is 0 Å². The van der Waals surface area contributed by atoms with Crippen molar-refractivity contribution in [1.82, 2.24) is 10.2 Å². The van der Waals surface area contributed by atoms with Crippen LogP contribution in [0.2, 0.25) is 0 Å². The van der Waals surface area contributed by atoms with Crippen molar-refractivity contribution < 1.29 is 4.79 Å². The molecule has 0 aromatic rings. The molecule has 78 valence electrons. The van der Waals surface area contributed by atoms with E-state index >= 15 is 0 Å². The Morgan fingerprint density at radius 1 is 1.57 bits per heavy atom. The number of carbonyl (C=O) groups is 1. The molecule has 0 saturated carbocycles. The Labute approximate surface area is 84.9 Å². The van der Waals surface area contributed by atoms with E-state index < -0.39 is 5.92 Å². The van der Waals surface area contributed by atoms with Crippen molar-refractivity contribution in [3.8, 4) is 6.07 Å². The van der Waals surface area contributed by atoms with Gasteiger partial charge in [0.1, 0.15) is 5.92 Å². The highest BCUT2D eigenvalue weighted by Gasteiger charge is 2.29. The van der Waals surface area contributed by atoms with Gasteiger partial charge < -0.3 is 10.2 Å². The van der Waals surface area contributed by atoms with Crippen LogP contribution in [-0.2, 0) is 4.79 Å². The summed E-state index contributed by atoms with van der Waals surface area (Å²) in [5, 5.41) is 11.7. The first-order valence-corrected chi connectivity index (χ1v) is 4.93. The number of hydrogen-bond donors (Lipinski definition) is 1. The van der Waals surface area contributed by atoms with Crippen molar-refractivity contribution in [3.63, 3.8) is 0 Å². The number of nitriles is 1. The summed E-state index contributed by atoms with van der Waals surface area (Å²) in [5.74, 6) is -0.556. The lowest BCUT2D eigenvalue weighted by atomic mass is 9.96. The second kappa shape index (κ2) is 4.43. The topological polar surface area (TPSA) is 56.1 Å². The molecule has 14 heavy (non-hydrogen) atoms. The fourth-order valence-corrected chi connectivity index (χ4v) is 1.59. The van der Waals surface area contributed by atoms with Crippen molar-refractivity contribution in [1.29, 1.82) is 5.26 Å². The Morgan fingerprint density at radius 2 is 2.14 bits per heavy atom. The van der Waals surface area contributed by atoms with Crippen LogP contribution in [0.15, 0.2) is 0 Å². The van der Waals surface area contributed by atoms with Crippen LogP contribution in [0, 0.1) is 23.2 Å². The predicted molar refractivity (Wildman–Crippen MR) is 53.4 cm³/mol. The zero-order valence-electron chi connectivity index (χ0n) is 8.95. The van der Waals surface area contributed by atoms with Gasteiger partial charge in [-0.25, -0.2) is 0 Å². The van der Waals surface area contributed by atoms with E-state index in [0.29, 0.717) is 0 Å². The molecule has 1 amide bonds. The standard InChI is InChI=1S/C10H17N3O/c1-7(2)9(4-11)10(14)12-8-5-13(3)6-8/h7-9H,5-6H2,1-3H3,(H,12,14). The Morgan fingerprint density at radius 3 is 2.50 bits per heavy atom. The summed E-state index contributed by atoms with van der Waals surface area (Å²) in [5.41, 5.74) is 0. The summed E-state index contributed by atoms with van der Waals surface area (Å²) >= 11 is 0. The molecule has 1 aliphatic rings. The molecule has 1 saturated heterocycles. The lowest BCUT2D eigenvalue weighted by Crippen LogP contribution is -2.58. The third kappa shape index (κ3) is 2.46. The molecule has 0 aliphatic carbocycles. The highest BCUT2D eigenvalue weighted by atomic mass is 16.2. The van der Waals surface area contributed by atoms with Gasteiger partial charge in [-0.05, 0) is 13.0 Å². The average molecular weight is 195 g/mol. The van der Waals surface area contributed by atoms with Gasteiger partial charge >= 0.3 is 0 Å². The van der Waals surface area contributed by atoms with E-state index in [9.17, 15) is 4.79 Å². The van der Waals surface area contributed by atoms with Crippen LogP contribution in [0.1, 0.15) is 13.8 Å². The maximum Gasteiger partial charge on any atom is 0.237 e. The first kappa shape index (κ1) is 11.0. The van der Waals surface area contributed by atoms with Gasteiger partial charge in [0.05, 0.1) is 12.1 Å². The highest BCUT2D eigenvalue weighted by Crippen LogP contribution is 2.11. The molecule has 1 unspecified atom stereocenters. The number of carbonyl (C=O) groups excluding carboxylic acids is 1. The fourth-order valence-electron chi connectivity index (χ4n) is 1.59. The number of nitrogens with zero attached hydrogens (tertiary/aromatic N) is 2. The van der Waals surface area contributed by atoms with E-state index in [2.05, 4.69) is 10.2 Å². The predicted octanol–water partition coefficient (Wildman–Crippen LogP) is 0.212. The summed E-state index contributed by atoms with van der Waals surface area (Å²) in [6.07, 6.45) is 0. The Bertz CT molecular complexity index is 251. The zero-order valence-corrected chi connectivity index (χ0v) is 8.95. The van der Waals surface area contributed by atoms with E-state index in [4.69, 9.17) is 5.26 Å². The second-order valence-electron chi connectivity index (χ2n) is 4.28. The number of amides is 1.